The Bertz CT molecular complexity index is 1180. The van der Waals surface area contributed by atoms with E-state index in [-0.39, 0.29) is 17.2 Å². The van der Waals surface area contributed by atoms with Crippen LogP contribution in [0.5, 0.6) is 0 Å². The van der Waals surface area contributed by atoms with Gasteiger partial charge in [-0.2, -0.15) is 5.10 Å². The van der Waals surface area contributed by atoms with Crippen molar-refractivity contribution in [1.82, 2.24) is 14.7 Å². The molecule has 0 bridgehead atoms. The van der Waals surface area contributed by atoms with E-state index in [1.165, 1.54) is 4.68 Å². The SMILES string of the molecule is Cc1cccc(C)c1N=C1SCCCN1C(=O)c1nn(C)c(=O)c2ccccc12. The van der Waals surface area contributed by atoms with Gasteiger partial charge in [0.2, 0.25) is 0 Å². The summed E-state index contributed by atoms with van der Waals surface area (Å²) in [5, 5.41) is 6.04. The molecule has 0 atom stereocenters. The molecule has 0 radical (unpaired) electrons. The van der Waals surface area contributed by atoms with Gasteiger partial charge in [0.25, 0.3) is 11.5 Å². The molecule has 2 aromatic carbocycles. The number of carbonyl (C=O) groups excluding carboxylic acids is 1. The number of hydrogen-bond donors (Lipinski definition) is 0. The number of amidine groups is 1. The van der Waals surface area contributed by atoms with Gasteiger partial charge in [0, 0.05) is 24.7 Å². The predicted octanol–water partition coefficient (Wildman–Crippen LogP) is 3.82. The minimum absolute atomic E-state index is 0.213. The highest BCUT2D eigenvalue weighted by atomic mass is 32.2. The molecule has 1 amide bonds. The van der Waals surface area contributed by atoms with E-state index in [1.54, 1.807) is 41.9 Å². The number of carbonyl (C=O) groups is 1. The number of benzene rings is 2. The summed E-state index contributed by atoms with van der Waals surface area (Å²) in [4.78, 5) is 32.5. The molecule has 2 heterocycles. The molecule has 0 saturated carbocycles. The van der Waals surface area contributed by atoms with E-state index in [0.29, 0.717) is 22.5 Å². The van der Waals surface area contributed by atoms with Crippen LogP contribution in [0, 0.1) is 13.8 Å². The van der Waals surface area contributed by atoms with Crippen LogP contribution >= 0.6 is 11.8 Å². The lowest BCUT2D eigenvalue weighted by atomic mass is 10.1. The van der Waals surface area contributed by atoms with E-state index >= 15 is 0 Å². The summed E-state index contributed by atoms with van der Waals surface area (Å²) in [7, 11) is 1.57. The monoisotopic (exact) mass is 406 g/mol. The Morgan fingerprint density at radius 1 is 1.07 bits per heavy atom. The summed E-state index contributed by atoms with van der Waals surface area (Å²) in [5.74, 6) is 0.684. The molecule has 7 heteroatoms. The van der Waals surface area contributed by atoms with Crippen molar-refractivity contribution in [2.24, 2.45) is 12.0 Å². The topological polar surface area (TPSA) is 67.6 Å². The molecule has 1 aliphatic rings. The van der Waals surface area contributed by atoms with Gasteiger partial charge in [0.1, 0.15) is 0 Å². The number of aromatic nitrogens is 2. The third-order valence-corrected chi connectivity index (χ3v) is 6.10. The van der Waals surface area contributed by atoms with Crippen LogP contribution in [-0.4, -0.2) is 38.1 Å². The molecule has 4 rings (SSSR count). The van der Waals surface area contributed by atoms with Gasteiger partial charge in [0.05, 0.1) is 11.1 Å². The molecular weight excluding hydrogens is 384 g/mol. The number of nitrogens with zero attached hydrogens (tertiary/aromatic N) is 4. The summed E-state index contributed by atoms with van der Waals surface area (Å²) in [6, 6.07) is 13.2. The van der Waals surface area contributed by atoms with Gasteiger partial charge in [0.15, 0.2) is 10.9 Å². The fourth-order valence-corrected chi connectivity index (χ4v) is 4.45. The number of rotatable bonds is 2. The number of aliphatic imine (C=N–C) groups is 1. The van der Waals surface area contributed by atoms with Crippen LogP contribution in [-0.2, 0) is 7.05 Å². The van der Waals surface area contributed by atoms with Gasteiger partial charge in [-0.3, -0.25) is 14.5 Å². The van der Waals surface area contributed by atoms with E-state index in [4.69, 9.17) is 4.99 Å². The first-order chi connectivity index (χ1) is 14.0. The van der Waals surface area contributed by atoms with Gasteiger partial charge in [-0.05, 0) is 37.5 Å². The van der Waals surface area contributed by atoms with Crippen LogP contribution in [0.25, 0.3) is 10.8 Å². The van der Waals surface area contributed by atoms with Crippen LogP contribution < -0.4 is 5.56 Å². The summed E-state index contributed by atoms with van der Waals surface area (Å²) in [6.45, 7) is 4.62. The first-order valence-electron chi connectivity index (χ1n) is 9.53. The van der Waals surface area contributed by atoms with E-state index in [1.807, 2.05) is 38.1 Å². The van der Waals surface area contributed by atoms with E-state index in [9.17, 15) is 9.59 Å². The third-order valence-electron chi connectivity index (χ3n) is 5.04. The Hall–Kier alpha value is -2.93. The number of hydrogen-bond acceptors (Lipinski definition) is 5. The minimum Gasteiger partial charge on any atom is -0.286 e. The van der Waals surface area contributed by atoms with E-state index < -0.39 is 0 Å². The normalized spacial score (nSPS) is 15.8. The molecule has 0 spiro atoms. The first-order valence-corrected chi connectivity index (χ1v) is 10.5. The molecule has 29 heavy (non-hydrogen) atoms. The zero-order valence-electron chi connectivity index (χ0n) is 16.7. The minimum atomic E-state index is -0.228. The zero-order valence-corrected chi connectivity index (χ0v) is 17.5. The second kappa shape index (κ2) is 7.83. The van der Waals surface area contributed by atoms with E-state index in [2.05, 4.69) is 5.10 Å². The molecule has 1 fully saturated rings. The van der Waals surface area contributed by atoms with E-state index in [0.717, 1.165) is 29.0 Å². The largest absolute Gasteiger partial charge is 0.286 e. The van der Waals surface area contributed by atoms with Crippen LogP contribution in [0.15, 0.2) is 52.3 Å². The molecule has 0 aliphatic carbocycles. The Labute approximate surface area is 173 Å². The molecule has 1 saturated heterocycles. The van der Waals surface area contributed by atoms with Gasteiger partial charge in [-0.25, -0.2) is 9.67 Å². The number of fused-ring (bicyclic) bond motifs is 1. The summed E-state index contributed by atoms with van der Waals surface area (Å²) in [5.41, 5.74) is 3.10. The Balaban J connectivity index is 1.82. The van der Waals surface area contributed by atoms with Gasteiger partial charge in [-0.15, -0.1) is 0 Å². The maximum absolute atomic E-state index is 13.5. The highest BCUT2D eigenvalue weighted by Gasteiger charge is 2.28. The fraction of sp³-hybridized carbons (Fsp3) is 0.273. The quantitative estimate of drug-likeness (QED) is 0.649. The average molecular weight is 407 g/mol. The third kappa shape index (κ3) is 3.58. The van der Waals surface area contributed by atoms with Crippen molar-refractivity contribution in [2.75, 3.05) is 12.3 Å². The van der Waals surface area contributed by atoms with Crippen molar-refractivity contribution in [3.05, 3.63) is 69.6 Å². The summed E-state index contributed by atoms with van der Waals surface area (Å²) in [6.07, 6.45) is 0.881. The number of para-hydroxylation sites is 1. The predicted molar refractivity (Wildman–Crippen MR) is 118 cm³/mol. The highest BCUT2D eigenvalue weighted by Crippen LogP contribution is 2.29. The number of aryl methyl sites for hydroxylation is 3. The number of amides is 1. The lowest BCUT2D eigenvalue weighted by molar-refractivity contribution is 0.0843. The lowest BCUT2D eigenvalue weighted by Crippen LogP contribution is -2.40. The maximum Gasteiger partial charge on any atom is 0.280 e. The highest BCUT2D eigenvalue weighted by molar-refractivity contribution is 8.13. The van der Waals surface area contributed by atoms with Crippen molar-refractivity contribution in [1.29, 1.82) is 0 Å². The zero-order chi connectivity index (χ0) is 20.5. The molecule has 6 nitrogen and oxygen atoms in total. The molecule has 3 aromatic rings. The van der Waals surface area contributed by atoms with Gasteiger partial charge in [-0.1, -0.05) is 48.2 Å². The average Bonchev–Trinajstić information content (AvgIpc) is 2.73. The van der Waals surface area contributed by atoms with Crippen LogP contribution in [0.1, 0.15) is 28.0 Å². The van der Waals surface area contributed by atoms with Crippen molar-refractivity contribution < 1.29 is 4.79 Å². The summed E-state index contributed by atoms with van der Waals surface area (Å²) < 4.78 is 1.23. The maximum atomic E-state index is 13.5. The van der Waals surface area contributed by atoms with Crippen molar-refractivity contribution in [3.63, 3.8) is 0 Å². The van der Waals surface area contributed by atoms with Crippen LogP contribution in [0.2, 0.25) is 0 Å². The standard InChI is InChI=1S/C22H22N4O2S/c1-14-8-6-9-15(2)18(14)23-22-26(12-7-13-29-22)21(28)19-16-10-4-5-11-17(16)20(27)25(3)24-19/h4-6,8-11H,7,12-13H2,1-3H3. The molecule has 148 valence electrons. The Kier molecular flexibility index (Phi) is 5.24. The molecule has 0 unspecified atom stereocenters. The van der Waals surface area contributed by atoms with Gasteiger partial charge >= 0.3 is 0 Å². The molecular formula is C22H22N4O2S. The summed E-state index contributed by atoms with van der Waals surface area (Å²) >= 11 is 1.58. The van der Waals surface area contributed by atoms with Crippen LogP contribution in [0.3, 0.4) is 0 Å². The molecule has 0 N–H and O–H groups in total. The lowest BCUT2D eigenvalue weighted by Gasteiger charge is -2.28. The van der Waals surface area contributed by atoms with Gasteiger partial charge < -0.3 is 0 Å². The number of thioether (sulfide) groups is 1. The fourth-order valence-electron chi connectivity index (χ4n) is 3.50. The second-order valence-electron chi connectivity index (χ2n) is 7.12. The van der Waals surface area contributed by atoms with Crippen molar-refractivity contribution in [2.45, 2.75) is 20.3 Å². The Morgan fingerprint density at radius 3 is 2.48 bits per heavy atom. The molecule has 1 aromatic heterocycles. The smallest absolute Gasteiger partial charge is 0.280 e. The van der Waals surface area contributed by atoms with Crippen molar-refractivity contribution in [3.8, 4) is 0 Å². The molecule has 1 aliphatic heterocycles. The first kappa shape index (κ1) is 19.4. The second-order valence-corrected chi connectivity index (χ2v) is 8.18. The Morgan fingerprint density at radius 2 is 1.76 bits per heavy atom. The van der Waals surface area contributed by atoms with Crippen LogP contribution in [0.4, 0.5) is 5.69 Å². The van der Waals surface area contributed by atoms with Crippen molar-refractivity contribution >= 4 is 39.3 Å².